The van der Waals surface area contributed by atoms with Crippen molar-refractivity contribution in [3.8, 4) is 0 Å². The summed E-state index contributed by atoms with van der Waals surface area (Å²) in [5, 5.41) is 7.43. The van der Waals surface area contributed by atoms with E-state index in [9.17, 15) is 0 Å². The Kier molecular flexibility index (Phi) is 5.86. The van der Waals surface area contributed by atoms with Crippen LogP contribution in [0.3, 0.4) is 0 Å². The van der Waals surface area contributed by atoms with Crippen LogP contribution in [-0.2, 0) is 6.42 Å². The number of nitrogens with one attached hydrogen (secondary N) is 2. The second-order valence-electron chi connectivity index (χ2n) is 5.85. The van der Waals surface area contributed by atoms with Crippen molar-refractivity contribution in [2.75, 3.05) is 17.2 Å². The zero-order chi connectivity index (χ0) is 17.5. The van der Waals surface area contributed by atoms with Crippen molar-refractivity contribution in [1.29, 1.82) is 0 Å². The lowest BCUT2D eigenvalue weighted by Crippen LogP contribution is -2.11. The molecule has 0 aliphatic carbocycles. The molecule has 0 amide bonds. The minimum absolute atomic E-state index is 0.144. The lowest BCUT2D eigenvalue weighted by Gasteiger charge is -2.14. The Morgan fingerprint density at radius 2 is 1.76 bits per heavy atom. The van der Waals surface area contributed by atoms with Crippen LogP contribution in [0.1, 0.15) is 24.1 Å². The van der Waals surface area contributed by atoms with Gasteiger partial charge in [0.25, 0.3) is 0 Å². The quantitative estimate of drug-likeness (QED) is 0.631. The average molecular weight is 353 g/mol. The van der Waals surface area contributed by atoms with E-state index in [1.807, 2.05) is 48.5 Å². The predicted octanol–water partition coefficient (Wildman–Crippen LogP) is 4.96. The molecule has 25 heavy (non-hydrogen) atoms. The van der Waals surface area contributed by atoms with Crippen LogP contribution in [0.5, 0.6) is 0 Å². The molecule has 128 valence electrons. The van der Waals surface area contributed by atoms with Crippen molar-refractivity contribution in [2.45, 2.75) is 19.4 Å². The van der Waals surface area contributed by atoms with Gasteiger partial charge in [0.15, 0.2) is 0 Å². The summed E-state index contributed by atoms with van der Waals surface area (Å²) in [6, 6.07) is 20.2. The number of aromatic nitrogens is 2. The van der Waals surface area contributed by atoms with Gasteiger partial charge in [-0.05, 0) is 42.7 Å². The summed E-state index contributed by atoms with van der Waals surface area (Å²) in [4.78, 5) is 8.83. The molecule has 0 fully saturated rings. The third kappa shape index (κ3) is 5.19. The van der Waals surface area contributed by atoms with Gasteiger partial charge in [-0.1, -0.05) is 54.1 Å². The first-order valence-electron chi connectivity index (χ1n) is 8.33. The summed E-state index contributed by atoms with van der Waals surface area (Å²) in [7, 11) is 0. The van der Waals surface area contributed by atoms with Gasteiger partial charge in [-0.3, -0.25) is 0 Å². The molecule has 0 saturated heterocycles. The minimum Gasteiger partial charge on any atom is -0.370 e. The van der Waals surface area contributed by atoms with E-state index in [1.54, 1.807) is 6.20 Å². The van der Waals surface area contributed by atoms with Gasteiger partial charge in [-0.15, -0.1) is 0 Å². The molecule has 1 atom stereocenters. The first kappa shape index (κ1) is 17.2. The fourth-order valence-electron chi connectivity index (χ4n) is 2.53. The van der Waals surface area contributed by atoms with Crippen LogP contribution in [0, 0.1) is 0 Å². The summed E-state index contributed by atoms with van der Waals surface area (Å²) in [5.74, 6) is 1.43. The molecule has 0 bridgehead atoms. The average Bonchev–Trinajstić information content (AvgIpc) is 2.64. The second kappa shape index (κ2) is 8.49. The SMILES string of the molecule is CC(Nc1nccc(NCCc2ccc(Cl)cc2)n1)c1ccccc1. The smallest absolute Gasteiger partial charge is 0.225 e. The van der Waals surface area contributed by atoms with Gasteiger partial charge >= 0.3 is 0 Å². The van der Waals surface area contributed by atoms with Gasteiger partial charge in [-0.2, -0.15) is 4.98 Å². The summed E-state index contributed by atoms with van der Waals surface area (Å²) >= 11 is 5.91. The van der Waals surface area contributed by atoms with Crippen LogP contribution >= 0.6 is 11.6 Å². The number of halogens is 1. The molecular weight excluding hydrogens is 332 g/mol. The lowest BCUT2D eigenvalue weighted by molar-refractivity contribution is 0.859. The van der Waals surface area contributed by atoms with Crippen LogP contribution in [0.2, 0.25) is 5.02 Å². The molecule has 1 aromatic heterocycles. The zero-order valence-electron chi connectivity index (χ0n) is 14.1. The molecule has 2 N–H and O–H groups in total. The Bertz CT molecular complexity index is 790. The summed E-state index contributed by atoms with van der Waals surface area (Å²) in [6.07, 6.45) is 2.67. The van der Waals surface area contributed by atoms with Crippen molar-refractivity contribution < 1.29 is 0 Å². The third-order valence-electron chi connectivity index (χ3n) is 3.93. The Morgan fingerprint density at radius 3 is 2.52 bits per heavy atom. The highest BCUT2D eigenvalue weighted by atomic mass is 35.5. The molecule has 1 heterocycles. The number of hydrogen-bond donors (Lipinski definition) is 2. The van der Waals surface area contributed by atoms with E-state index in [-0.39, 0.29) is 6.04 Å². The predicted molar refractivity (Wildman–Crippen MR) is 104 cm³/mol. The Hall–Kier alpha value is -2.59. The fraction of sp³-hybridized carbons (Fsp3) is 0.200. The lowest BCUT2D eigenvalue weighted by atomic mass is 10.1. The summed E-state index contributed by atoms with van der Waals surface area (Å²) < 4.78 is 0. The third-order valence-corrected chi connectivity index (χ3v) is 4.19. The molecule has 0 radical (unpaired) electrons. The highest BCUT2D eigenvalue weighted by Gasteiger charge is 2.06. The van der Waals surface area contributed by atoms with Crippen molar-refractivity contribution in [3.05, 3.63) is 83.0 Å². The van der Waals surface area contributed by atoms with E-state index in [0.717, 1.165) is 23.8 Å². The van der Waals surface area contributed by atoms with Gasteiger partial charge in [0.05, 0.1) is 6.04 Å². The maximum Gasteiger partial charge on any atom is 0.225 e. The molecule has 0 spiro atoms. The van der Waals surface area contributed by atoms with Crippen molar-refractivity contribution >= 4 is 23.4 Å². The van der Waals surface area contributed by atoms with Crippen LogP contribution in [0.15, 0.2) is 66.9 Å². The molecule has 3 rings (SSSR count). The van der Waals surface area contributed by atoms with Gasteiger partial charge in [0, 0.05) is 17.8 Å². The molecule has 0 aliphatic heterocycles. The molecular formula is C20H21ClN4. The van der Waals surface area contributed by atoms with E-state index < -0.39 is 0 Å². The van der Waals surface area contributed by atoms with E-state index in [0.29, 0.717) is 5.95 Å². The topological polar surface area (TPSA) is 49.8 Å². The maximum absolute atomic E-state index is 5.91. The molecule has 2 aromatic carbocycles. The first-order chi connectivity index (χ1) is 12.2. The van der Waals surface area contributed by atoms with Gasteiger partial charge in [0.2, 0.25) is 5.95 Å². The Morgan fingerprint density at radius 1 is 1.00 bits per heavy atom. The van der Waals surface area contributed by atoms with E-state index >= 15 is 0 Å². The summed E-state index contributed by atoms with van der Waals surface area (Å²) in [6.45, 7) is 2.89. The number of nitrogens with zero attached hydrogens (tertiary/aromatic N) is 2. The highest BCUT2D eigenvalue weighted by Crippen LogP contribution is 2.17. The standard InChI is InChI=1S/C20H21ClN4/c1-15(17-5-3-2-4-6-17)24-20-23-14-12-19(25-20)22-13-11-16-7-9-18(21)10-8-16/h2-10,12,14-15H,11,13H2,1H3,(H2,22,23,24,25). The normalized spacial score (nSPS) is 11.8. The van der Waals surface area contributed by atoms with Gasteiger partial charge in [0.1, 0.15) is 5.82 Å². The van der Waals surface area contributed by atoms with Crippen molar-refractivity contribution in [1.82, 2.24) is 9.97 Å². The van der Waals surface area contributed by atoms with E-state index in [2.05, 4.69) is 39.7 Å². The number of rotatable bonds is 7. The monoisotopic (exact) mass is 352 g/mol. The van der Waals surface area contributed by atoms with Crippen LogP contribution in [0.25, 0.3) is 0 Å². The van der Waals surface area contributed by atoms with Crippen molar-refractivity contribution in [2.24, 2.45) is 0 Å². The van der Waals surface area contributed by atoms with E-state index in [1.165, 1.54) is 11.1 Å². The summed E-state index contributed by atoms with van der Waals surface area (Å²) in [5.41, 5.74) is 2.44. The second-order valence-corrected chi connectivity index (χ2v) is 6.28. The molecule has 3 aromatic rings. The van der Waals surface area contributed by atoms with Crippen LogP contribution in [-0.4, -0.2) is 16.5 Å². The number of benzene rings is 2. The van der Waals surface area contributed by atoms with Gasteiger partial charge < -0.3 is 10.6 Å². The Labute approximate surface area is 153 Å². The fourth-order valence-corrected chi connectivity index (χ4v) is 2.66. The van der Waals surface area contributed by atoms with Crippen LogP contribution in [0.4, 0.5) is 11.8 Å². The van der Waals surface area contributed by atoms with E-state index in [4.69, 9.17) is 11.6 Å². The molecule has 4 nitrogen and oxygen atoms in total. The number of anilines is 2. The molecule has 1 unspecified atom stereocenters. The maximum atomic E-state index is 5.91. The Balaban J connectivity index is 1.55. The minimum atomic E-state index is 0.144. The first-order valence-corrected chi connectivity index (χ1v) is 8.71. The van der Waals surface area contributed by atoms with Gasteiger partial charge in [-0.25, -0.2) is 4.98 Å². The molecule has 5 heteroatoms. The number of hydrogen-bond acceptors (Lipinski definition) is 4. The van der Waals surface area contributed by atoms with Crippen LogP contribution < -0.4 is 10.6 Å². The molecule has 0 saturated carbocycles. The largest absolute Gasteiger partial charge is 0.370 e. The highest BCUT2D eigenvalue weighted by molar-refractivity contribution is 6.30. The molecule has 0 aliphatic rings. The van der Waals surface area contributed by atoms with Crippen molar-refractivity contribution in [3.63, 3.8) is 0 Å². The zero-order valence-corrected chi connectivity index (χ0v) is 14.9.